The molecule has 2 aromatic carbocycles. The summed E-state index contributed by atoms with van der Waals surface area (Å²) in [6.07, 6.45) is 1.80. The molecule has 0 saturated carbocycles. The predicted octanol–water partition coefficient (Wildman–Crippen LogP) is 4.61. The van der Waals surface area contributed by atoms with E-state index >= 15 is 0 Å². The van der Waals surface area contributed by atoms with Gasteiger partial charge in [-0.15, -0.1) is 0 Å². The van der Waals surface area contributed by atoms with Gasteiger partial charge in [-0.1, -0.05) is 27.5 Å². The summed E-state index contributed by atoms with van der Waals surface area (Å²) in [5.41, 5.74) is 2.89. The Bertz CT molecular complexity index is 833. The molecule has 1 aliphatic heterocycles. The van der Waals surface area contributed by atoms with Gasteiger partial charge in [0, 0.05) is 26.3 Å². The molecule has 0 spiro atoms. The molecule has 1 amide bonds. The lowest BCUT2D eigenvalue weighted by molar-refractivity contribution is -0.110. The number of hydrogen-bond donors (Lipinski definition) is 1. The molecule has 6 heteroatoms. The molecule has 0 fully saturated rings. The lowest BCUT2D eigenvalue weighted by atomic mass is 10.0. The number of fused-ring (bicyclic) bond motifs is 1. The first-order valence-electron chi connectivity index (χ1n) is 6.78. The first kappa shape index (κ1) is 15.9. The molecule has 3 rings (SSSR count). The van der Waals surface area contributed by atoms with Gasteiger partial charge < -0.3 is 14.8 Å². The Kier molecular flexibility index (Phi) is 4.33. The maximum atomic E-state index is 12.2. The van der Waals surface area contributed by atoms with Gasteiger partial charge in [0.1, 0.15) is 0 Å². The summed E-state index contributed by atoms with van der Waals surface area (Å²) < 4.78 is 11.4. The molecule has 0 saturated heterocycles. The topological polar surface area (TPSA) is 47.6 Å². The molecule has 4 nitrogen and oxygen atoms in total. The maximum Gasteiger partial charge on any atom is 0.256 e. The smallest absolute Gasteiger partial charge is 0.256 e. The van der Waals surface area contributed by atoms with Gasteiger partial charge in [0.05, 0.1) is 14.2 Å². The van der Waals surface area contributed by atoms with Crippen LogP contribution in [-0.2, 0) is 4.79 Å². The van der Waals surface area contributed by atoms with Crippen LogP contribution in [0.4, 0.5) is 5.69 Å². The van der Waals surface area contributed by atoms with Gasteiger partial charge in [-0.2, -0.15) is 0 Å². The minimum Gasteiger partial charge on any atom is -0.493 e. The molecule has 1 aliphatic rings. The Balaban J connectivity index is 2.13. The van der Waals surface area contributed by atoms with E-state index in [0.717, 1.165) is 21.3 Å². The third kappa shape index (κ3) is 2.94. The van der Waals surface area contributed by atoms with Crippen molar-refractivity contribution in [2.24, 2.45) is 0 Å². The van der Waals surface area contributed by atoms with Crippen LogP contribution in [0.1, 0.15) is 11.1 Å². The fourth-order valence-electron chi connectivity index (χ4n) is 2.44. The lowest BCUT2D eigenvalue weighted by Crippen LogP contribution is -2.03. The summed E-state index contributed by atoms with van der Waals surface area (Å²) in [4.78, 5) is 12.2. The Morgan fingerprint density at radius 3 is 2.52 bits per heavy atom. The van der Waals surface area contributed by atoms with Crippen molar-refractivity contribution in [2.75, 3.05) is 19.5 Å². The first-order chi connectivity index (χ1) is 11.0. The molecule has 23 heavy (non-hydrogen) atoms. The van der Waals surface area contributed by atoms with Crippen molar-refractivity contribution in [1.82, 2.24) is 0 Å². The number of amides is 1. The summed E-state index contributed by atoms with van der Waals surface area (Å²) in [7, 11) is 3.14. The number of anilines is 1. The summed E-state index contributed by atoms with van der Waals surface area (Å²) in [5.74, 6) is 1.04. The van der Waals surface area contributed by atoms with Crippen LogP contribution in [0.2, 0.25) is 5.02 Å². The third-order valence-corrected chi connectivity index (χ3v) is 4.49. The summed E-state index contributed by atoms with van der Waals surface area (Å²) in [5, 5.41) is 3.41. The van der Waals surface area contributed by atoms with Crippen molar-refractivity contribution >= 4 is 50.8 Å². The largest absolute Gasteiger partial charge is 0.493 e. The van der Waals surface area contributed by atoms with Gasteiger partial charge in [-0.05, 0) is 42.0 Å². The van der Waals surface area contributed by atoms with Crippen molar-refractivity contribution in [2.45, 2.75) is 0 Å². The highest BCUT2D eigenvalue weighted by atomic mass is 79.9. The highest BCUT2D eigenvalue weighted by Crippen LogP contribution is 2.38. The van der Waals surface area contributed by atoms with E-state index in [0.29, 0.717) is 22.1 Å². The first-order valence-corrected chi connectivity index (χ1v) is 7.95. The molecule has 1 heterocycles. The molecule has 0 radical (unpaired) electrons. The third-order valence-electron chi connectivity index (χ3n) is 3.57. The van der Waals surface area contributed by atoms with E-state index in [2.05, 4.69) is 21.2 Å². The standard InChI is InChI=1S/C17H13BrClNO3/c1-22-15-6-9(13(18)8-16(15)23-2)5-12-11-7-10(19)3-4-14(11)20-17(12)21/h3-8H,1-2H3,(H,20,21)/b12-5+. The van der Waals surface area contributed by atoms with Crippen LogP contribution in [-0.4, -0.2) is 20.1 Å². The zero-order valence-corrected chi connectivity index (χ0v) is 14.8. The molecule has 0 atom stereocenters. The normalized spacial score (nSPS) is 14.6. The number of halogens is 2. The highest BCUT2D eigenvalue weighted by Gasteiger charge is 2.24. The zero-order valence-electron chi connectivity index (χ0n) is 12.4. The molecular weight excluding hydrogens is 382 g/mol. The number of nitrogens with one attached hydrogen (secondary N) is 1. The van der Waals surface area contributed by atoms with E-state index in [1.165, 1.54) is 0 Å². The monoisotopic (exact) mass is 393 g/mol. The van der Waals surface area contributed by atoms with Gasteiger partial charge in [0.2, 0.25) is 0 Å². The second kappa shape index (κ2) is 6.26. The number of rotatable bonds is 3. The molecule has 118 valence electrons. The highest BCUT2D eigenvalue weighted by molar-refractivity contribution is 9.10. The van der Waals surface area contributed by atoms with E-state index in [1.807, 2.05) is 6.07 Å². The average molecular weight is 395 g/mol. The van der Waals surface area contributed by atoms with Gasteiger partial charge in [-0.25, -0.2) is 0 Å². The maximum absolute atomic E-state index is 12.2. The fraction of sp³-hybridized carbons (Fsp3) is 0.118. The van der Waals surface area contributed by atoms with Crippen LogP contribution in [0.5, 0.6) is 11.5 Å². The Morgan fingerprint density at radius 2 is 1.83 bits per heavy atom. The van der Waals surface area contributed by atoms with Crippen molar-refractivity contribution < 1.29 is 14.3 Å². The van der Waals surface area contributed by atoms with Crippen LogP contribution >= 0.6 is 27.5 Å². The number of ether oxygens (including phenoxy) is 2. The number of hydrogen-bond acceptors (Lipinski definition) is 3. The minimum atomic E-state index is -0.163. The molecule has 2 aromatic rings. The average Bonchev–Trinajstić information content (AvgIpc) is 2.84. The fourth-order valence-corrected chi connectivity index (χ4v) is 3.05. The van der Waals surface area contributed by atoms with E-state index in [-0.39, 0.29) is 5.91 Å². The Labute approximate surface area is 147 Å². The summed E-state index contributed by atoms with van der Waals surface area (Å²) >= 11 is 9.54. The predicted molar refractivity (Wildman–Crippen MR) is 95.2 cm³/mol. The van der Waals surface area contributed by atoms with E-state index in [4.69, 9.17) is 21.1 Å². The van der Waals surface area contributed by atoms with Crippen LogP contribution < -0.4 is 14.8 Å². The van der Waals surface area contributed by atoms with Crippen molar-refractivity contribution in [3.8, 4) is 11.5 Å². The number of benzene rings is 2. The van der Waals surface area contributed by atoms with Gasteiger partial charge in [0.15, 0.2) is 11.5 Å². The Hall–Kier alpha value is -1.98. The van der Waals surface area contributed by atoms with Gasteiger partial charge in [-0.3, -0.25) is 4.79 Å². The Morgan fingerprint density at radius 1 is 1.13 bits per heavy atom. The van der Waals surface area contributed by atoms with Crippen molar-refractivity contribution in [3.05, 3.63) is 51.0 Å². The number of carbonyl (C=O) groups excluding carboxylic acids is 1. The molecular formula is C17H13BrClNO3. The van der Waals surface area contributed by atoms with Crippen molar-refractivity contribution in [3.63, 3.8) is 0 Å². The molecule has 1 N–H and O–H groups in total. The van der Waals surface area contributed by atoms with Crippen LogP contribution in [0, 0.1) is 0 Å². The van der Waals surface area contributed by atoms with Crippen molar-refractivity contribution in [1.29, 1.82) is 0 Å². The van der Waals surface area contributed by atoms with Crippen LogP contribution in [0.15, 0.2) is 34.8 Å². The van der Waals surface area contributed by atoms with Crippen LogP contribution in [0.25, 0.3) is 11.6 Å². The van der Waals surface area contributed by atoms with E-state index < -0.39 is 0 Å². The quantitative estimate of drug-likeness (QED) is 0.773. The summed E-state index contributed by atoms with van der Waals surface area (Å²) in [6, 6.07) is 8.92. The lowest BCUT2D eigenvalue weighted by Gasteiger charge is -2.10. The zero-order chi connectivity index (χ0) is 16.6. The van der Waals surface area contributed by atoms with Gasteiger partial charge >= 0.3 is 0 Å². The van der Waals surface area contributed by atoms with E-state index in [9.17, 15) is 4.79 Å². The van der Waals surface area contributed by atoms with Gasteiger partial charge in [0.25, 0.3) is 5.91 Å². The second-order valence-corrected chi connectivity index (χ2v) is 6.22. The molecule has 0 aliphatic carbocycles. The van der Waals surface area contributed by atoms with Crippen LogP contribution in [0.3, 0.4) is 0 Å². The number of methoxy groups -OCH3 is 2. The number of carbonyl (C=O) groups is 1. The minimum absolute atomic E-state index is 0.163. The molecule has 0 aromatic heterocycles. The second-order valence-electron chi connectivity index (χ2n) is 4.93. The molecule has 0 bridgehead atoms. The summed E-state index contributed by atoms with van der Waals surface area (Å²) in [6.45, 7) is 0. The van der Waals surface area contributed by atoms with E-state index in [1.54, 1.807) is 44.6 Å². The molecule has 0 unspecified atom stereocenters. The SMILES string of the molecule is COc1cc(Br)c(/C=C2/C(=O)Nc3ccc(Cl)cc32)cc1OC.